The molecule has 0 amide bonds. The smallest absolute Gasteiger partial charge is 0.292 e. The molecule has 1 aliphatic heterocycles. The molecule has 1 aromatic carbocycles. The van der Waals surface area contributed by atoms with Crippen LogP contribution < -0.4 is 5.73 Å². The lowest BCUT2D eigenvalue weighted by atomic mass is 10.1. The maximum Gasteiger partial charge on any atom is 0.292 e. The number of nitrogen functional groups attached to an aromatic ring is 1. The fourth-order valence-corrected chi connectivity index (χ4v) is 2.97. The Kier molecular flexibility index (Phi) is 5.14. The zero-order valence-corrected chi connectivity index (χ0v) is 12.8. The third-order valence-electron chi connectivity index (χ3n) is 4.17. The number of nitro groups is 1. The fourth-order valence-electron chi connectivity index (χ4n) is 2.97. The van der Waals surface area contributed by atoms with E-state index >= 15 is 0 Å². The van der Waals surface area contributed by atoms with Crippen LogP contribution in [-0.2, 0) is 6.54 Å². The van der Waals surface area contributed by atoms with E-state index < -0.39 is 4.92 Å². The van der Waals surface area contributed by atoms with Crippen LogP contribution in [0, 0.1) is 10.1 Å². The average molecular weight is 292 g/mol. The molecule has 0 bridgehead atoms. The van der Waals surface area contributed by atoms with Crippen molar-refractivity contribution in [2.24, 2.45) is 0 Å². The molecule has 0 aliphatic carbocycles. The second-order valence-electron chi connectivity index (χ2n) is 5.80. The van der Waals surface area contributed by atoms with Gasteiger partial charge >= 0.3 is 0 Å². The summed E-state index contributed by atoms with van der Waals surface area (Å²) in [5.41, 5.74) is 6.85. The van der Waals surface area contributed by atoms with Gasteiger partial charge in [-0.15, -0.1) is 0 Å². The average Bonchev–Trinajstić information content (AvgIpc) is 2.62. The largest absolute Gasteiger partial charge is 0.393 e. The quantitative estimate of drug-likeness (QED) is 0.522. The third-order valence-corrected chi connectivity index (χ3v) is 4.17. The number of nitrogens with two attached hydrogens (primary N) is 1. The van der Waals surface area contributed by atoms with Crippen molar-refractivity contribution in [1.82, 2.24) is 9.80 Å². The predicted octanol–water partition coefficient (Wildman–Crippen LogP) is 2.09. The fraction of sp³-hybridized carbons (Fsp3) is 0.600. The topological polar surface area (TPSA) is 75.6 Å². The molecule has 2 rings (SSSR count). The van der Waals surface area contributed by atoms with Gasteiger partial charge in [0.1, 0.15) is 5.69 Å². The first-order valence-electron chi connectivity index (χ1n) is 7.46. The molecule has 1 fully saturated rings. The highest BCUT2D eigenvalue weighted by atomic mass is 16.6. The zero-order chi connectivity index (χ0) is 15.4. The number of hydrogen-bond donors (Lipinski definition) is 1. The maximum absolute atomic E-state index is 11.0. The van der Waals surface area contributed by atoms with E-state index in [4.69, 9.17) is 5.73 Å². The van der Waals surface area contributed by atoms with E-state index in [9.17, 15) is 10.1 Å². The lowest BCUT2D eigenvalue weighted by Crippen LogP contribution is -2.39. The first-order valence-corrected chi connectivity index (χ1v) is 7.46. The maximum atomic E-state index is 11.0. The number of nitrogens with zero attached hydrogens (tertiary/aromatic N) is 3. The molecule has 116 valence electrons. The molecule has 1 saturated heterocycles. The van der Waals surface area contributed by atoms with E-state index in [0.29, 0.717) is 6.04 Å². The molecule has 21 heavy (non-hydrogen) atoms. The number of benzene rings is 1. The van der Waals surface area contributed by atoms with Gasteiger partial charge in [0, 0.05) is 31.7 Å². The summed E-state index contributed by atoms with van der Waals surface area (Å²) >= 11 is 0. The van der Waals surface area contributed by atoms with E-state index in [2.05, 4.69) is 23.8 Å². The summed E-state index contributed by atoms with van der Waals surface area (Å²) in [5.74, 6) is 0. The van der Waals surface area contributed by atoms with Crippen LogP contribution in [0.15, 0.2) is 18.2 Å². The Morgan fingerprint density at radius 2 is 2.19 bits per heavy atom. The molecule has 1 aliphatic rings. The molecule has 1 unspecified atom stereocenters. The predicted molar refractivity (Wildman–Crippen MR) is 84.1 cm³/mol. The molecule has 6 heteroatoms. The van der Waals surface area contributed by atoms with Gasteiger partial charge in [0.15, 0.2) is 0 Å². The molecule has 0 saturated carbocycles. The van der Waals surface area contributed by atoms with Crippen LogP contribution in [0.2, 0.25) is 0 Å². The molecule has 1 aromatic rings. The Hall–Kier alpha value is -1.66. The summed E-state index contributed by atoms with van der Waals surface area (Å²) in [6, 6.07) is 5.63. The molecular weight excluding hydrogens is 268 g/mol. The minimum absolute atomic E-state index is 0.00693. The van der Waals surface area contributed by atoms with Gasteiger partial charge < -0.3 is 10.6 Å². The molecule has 0 spiro atoms. The monoisotopic (exact) mass is 292 g/mol. The third kappa shape index (κ3) is 3.92. The highest BCUT2D eigenvalue weighted by Crippen LogP contribution is 2.24. The van der Waals surface area contributed by atoms with Gasteiger partial charge in [-0.1, -0.05) is 13.0 Å². The number of nitro benzene ring substituents is 1. The van der Waals surface area contributed by atoms with Crippen LogP contribution in [0.4, 0.5) is 11.4 Å². The van der Waals surface area contributed by atoms with Gasteiger partial charge in [-0.05, 0) is 38.1 Å². The Morgan fingerprint density at radius 1 is 1.43 bits per heavy atom. The molecular formula is C15H24N4O2. The van der Waals surface area contributed by atoms with Crippen LogP contribution in [0.3, 0.4) is 0 Å². The normalized spacial score (nSPS) is 21.1. The minimum Gasteiger partial charge on any atom is -0.393 e. The van der Waals surface area contributed by atoms with Gasteiger partial charge in [0.2, 0.25) is 0 Å². The van der Waals surface area contributed by atoms with Crippen molar-refractivity contribution >= 4 is 11.4 Å². The van der Waals surface area contributed by atoms with Gasteiger partial charge in [-0.2, -0.15) is 0 Å². The van der Waals surface area contributed by atoms with Crippen molar-refractivity contribution < 1.29 is 4.92 Å². The Morgan fingerprint density at radius 3 is 2.86 bits per heavy atom. The van der Waals surface area contributed by atoms with Gasteiger partial charge in [0.25, 0.3) is 5.69 Å². The Labute approximate surface area is 125 Å². The Bertz CT molecular complexity index is 506. The lowest BCUT2D eigenvalue weighted by Gasteiger charge is -2.30. The van der Waals surface area contributed by atoms with Crippen LogP contribution >= 0.6 is 0 Å². The van der Waals surface area contributed by atoms with Crippen molar-refractivity contribution in [3.8, 4) is 0 Å². The van der Waals surface area contributed by atoms with E-state index in [1.807, 2.05) is 6.07 Å². The van der Waals surface area contributed by atoms with E-state index in [1.54, 1.807) is 12.1 Å². The summed E-state index contributed by atoms with van der Waals surface area (Å²) in [7, 11) is 2.15. The van der Waals surface area contributed by atoms with Crippen LogP contribution in [0.25, 0.3) is 0 Å². The first-order chi connectivity index (χ1) is 10.0. The lowest BCUT2D eigenvalue weighted by molar-refractivity contribution is -0.384. The molecule has 2 N–H and O–H groups in total. The van der Waals surface area contributed by atoms with E-state index in [1.165, 1.54) is 0 Å². The summed E-state index contributed by atoms with van der Waals surface area (Å²) < 4.78 is 0. The van der Waals surface area contributed by atoms with E-state index in [0.717, 1.165) is 44.6 Å². The molecule has 1 heterocycles. The summed E-state index contributed by atoms with van der Waals surface area (Å²) in [4.78, 5) is 15.4. The van der Waals surface area contributed by atoms with Crippen molar-refractivity contribution in [3.05, 3.63) is 33.9 Å². The van der Waals surface area contributed by atoms with Crippen molar-refractivity contribution in [2.45, 2.75) is 32.4 Å². The molecule has 0 aromatic heterocycles. The van der Waals surface area contributed by atoms with Crippen molar-refractivity contribution in [2.75, 3.05) is 32.4 Å². The Balaban J connectivity index is 2.15. The minimum atomic E-state index is -0.410. The van der Waals surface area contributed by atoms with Gasteiger partial charge in [-0.25, -0.2) is 0 Å². The second kappa shape index (κ2) is 6.87. The summed E-state index contributed by atoms with van der Waals surface area (Å²) in [6.07, 6.45) is 2.21. The number of anilines is 1. The van der Waals surface area contributed by atoms with Crippen LogP contribution in [0.5, 0.6) is 0 Å². The zero-order valence-electron chi connectivity index (χ0n) is 12.8. The first kappa shape index (κ1) is 15.7. The highest BCUT2D eigenvalue weighted by Gasteiger charge is 2.22. The van der Waals surface area contributed by atoms with Gasteiger partial charge in [-0.3, -0.25) is 15.0 Å². The van der Waals surface area contributed by atoms with Crippen molar-refractivity contribution in [3.63, 3.8) is 0 Å². The second-order valence-corrected chi connectivity index (χ2v) is 5.80. The van der Waals surface area contributed by atoms with Crippen LogP contribution in [-0.4, -0.2) is 47.4 Å². The highest BCUT2D eigenvalue weighted by molar-refractivity contribution is 5.59. The number of hydrogen-bond acceptors (Lipinski definition) is 5. The summed E-state index contributed by atoms with van der Waals surface area (Å²) in [5, 5.41) is 11.0. The van der Waals surface area contributed by atoms with Gasteiger partial charge in [0.05, 0.1) is 4.92 Å². The van der Waals surface area contributed by atoms with Crippen LogP contribution in [0.1, 0.15) is 25.3 Å². The SMILES string of the molecule is CCC1CN(C)CCCN1Cc1ccc(N)c([N+](=O)[O-])c1. The standard InChI is InChI=1S/C15H24N4O2/c1-3-13-11-17(2)7-4-8-18(13)10-12-5-6-14(16)15(9-12)19(20)21/h5-6,9,13H,3-4,7-8,10-11,16H2,1-2H3. The molecule has 1 atom stereocenters. The van der Waals surface area contributed by atoms with Crippen molar-refractivity contribution in [1.29, 1.82) is 0 Å². The van der Waals surface area contributed by atoms with E-state index in [-0.39, 0.29) is 11.4 Å². The number of likely N-dealkylation sites (N-methyl/N-ethyl adjacent to an activating group) is 1. The summed E-state index contributed by atoms with van der Waals surface area (Å²) in [6.45, 7) is 6.12. The molecule has 6 nitrogen and oxygen atoms in total. The number of rotatable bonds is 4. The molecule has 0 radical (unpaired) electrons.